The minimum Gasteiger partial charge on any atom is -0.399 e. The second-order valence-corrected chi connectivity index (χ2v) is 8.84. The molecule has 0 bridgehead atoms. The van der Waals surface area contributed by atoms with E-state index >= 15 is 0 Å². The molecule has 3 rings (SSSR count). The molecule has 0 aromatic heterocycles. The van der Waals surface area contributed by atoms with E-state index in [1.807, 2.05) is 0 Å². The van der Waals surface area contributed by atoms with E-state index in [2.05, 4.69) is 5.32 Å². The lowest BCUT2D eigenvalue weighted by Crippen LogP contribution is -2.68. The van der Waals surface area contributed by atoms with Crippen LogP contribution in [0.25, 0.3) is 0 Å². The first-order valence-electron chi connectivity index (χ1n) is 11.5. The van der Waals surface area contributed by atoms with Crippen molar-refractivity contribution in [3.63, 3.8) is 0 Å². The number of nitrogens with two attached hydrogens (primary N) is 4. The van der Waals surface area contributed by atoms with Crippen molar-refractivity contribution in [1.82, 2.24) is 5.32 Å². The van der Waals surface area contributed by atoms with E-state index in [0.29, 0.717) is 5.69 Å². The maximum atomic E-state index is 12.7. The normalized spacial score (nSPS) is 38.4. The van der Waals surface area contributed by atoms with Crippen molar-refractivity contribution in [2.45, 2.75) is 80.8 Å². The molecule has 12 N–H and O–H groups in total. The summed E-state index contributed by atoms with van der Waals surface area (Å²) in [6, 6.07) is 4.64. The van der Waals surface area contributed by atoms with E-state index < -0.39 is 61.0 Å². The van der Waals surface area contributed by atoms with Gasteiger partial charge in [-0.3, -0.25) is 4.79 Å². The molecule has 1 heterocycles. The zero-order chi connectivity index (χ0) is 25.0. The summed E-state index contributed by atoms with van der Waals surface area (Å²) in [5.74, 6) is -0.251. The van der Waals surface area contributed by atoms with E-state index in [0.717, 1.165) is 5.56 Å². The third-order valence-electron chi connectivity index (χ3n) is 6.34. The van der Waals surface area contributed by atoms with Crippen LogP contribution in [0, 0.1) is 0 Å². The van der Waals surface area contributed by atoms with Crippen LogP contribution in [0.1, 0.15) is 18.9 Å². The molecule has 2 aliphatic rings. The van der Waals surface area contributed by atoms with Crippen molar-refractivity contribution in [3.8, 4) is 0 Å². The first-order valence-corrected chi connectivity index (χ1v) is 11.5. The Labute approximate surface area is 198 Å². The van der Waals surface area contributed by atoms with Crippen LogP contribution in [0.5, 0.6) is 0 Å². The second kappa shape index (κ2) is 11.7. The molecule has 34 heavy (non-hydrogen) atoms. The van der Waals surface area contributed by atoms with Gasteiger partial charge in [-0.25, -0.2) is 0 Å². The van der Waals surface area contributed by atoms with Gasteiger partial charge in [0.25, 0.3) is 0 Å². The van der Waals surface area contributed by atoms with E-state index in [4.69, 9.17) is 37.1 Å². The Morgan fingerprint density at radius 3 is 2.41 bits per heavy atom. The Morgan fingerprint density at radius 2 is 1.79 bits per heavy atom. The molecule has 1 aromatic rings. The number of nitrogens with one attached hydrogen (secondary N) is 1. The SMILES string of the molecule is CCOC1[C@@H](O)[C@H](O[C@H]2OC(CN)[C@@H](O)[C@H](O)C2N)C(N)C[C@H]1NC(=O)Cc1ccc(N)cc1. The zero-order valence-corrected chi connectivity index (χ0v) is 19.2. The highest BCUT2D eigenvalue weighted by Gasteiger charge is 2.49. The van der Waals surface area contributed by atoms with Crippen molar-refractivity contribution in [2.75, 3.05) is 18.9 Å². The molecule has 12 nitrogen and oxygen atoms in total. The molecule has 2 fully saturated rings. The van der Waals surface area contributed by atoms with E-state index in [9.17, 15) is 20.1 Å². The van der Waals surface area contributed by atoms with Gasteiger partial charge in [-0.1, -0.05) is 12.1 Å². The van der Waals surface area contributed by atoms with Gasteiger partial charge >= 0.3 is 0 Å². The predicted octanol–water partition coefficient (Wildman–Crippen LogP) is -3.09. The van der Waals surface area contributed by atoms with Crippen molar-refractivity contribution in [2.24, 2.45) is 17.2 Å². The number of benzene rings is 1. The quantitative estimate of drug-likeness (QED) is 0.173. The average Bonchev–Trinajstić information content (AvgIpc) is 2.80. The summed E-state index contributed by atoms with van der Waals surface area (Å²) in [5, 5.41) is 34.3. The number of carbonyl (C=O) groups excluding carboxylic acids is 1. The monoisotopic (exact) mass is 483 g/mol. The van der Waals surface area contributed by atoms with Gasteiger partial charge in [-0.15, -0.1) is 0 Å². The van der Waals surface area contributed by atoms with Gasteiger partial charge in [-0.05, 0) is 31.0 Å². The van der Waals surface area contributed by atoms with Crippen molar-refractivity contribution < 1.29 is 34.3 Å². The van der Waals surface area contributed by atoms with Gasteiger partial charge in [0.05, 0.1) is 18.5 Å². The summed E-state index contributed by atoms with van der Waals surface area (Å²) in [6.07, 6.45) is -7.23. The first-order chi connectivity index (χ1) is 16.2. The zero-order valence-electron chi connectivity index (χ0n) is 19.2. The Balaban J connectivity index is 1.67. The number of anilines is 1. The maximum absolute atomic E-state index is 12.7. The maximum Gasteiger partial charge on any atom is 0.224 e. The van der Waals surface area contributed by atoms with Gasteiger partial charge in [0.2, 0.25) is 5.91 Å². The number of ether oxygens (including phenoxy) is 3. The van der Waals surface area contributed by atoms with Crippen molar-refractivity contribution in [1.29, 1.82) is 0 Å². The largest absolute Gasteiger partial charge is 0.399 e. The fraction of sp³-hybridized carbons (Fsp3) is 0.682. The number of aliphatic hydroxyl groups is 3. The van der Waals surface area contributed by atoms with Gasteiger partial charge in [0.15, 0.2) is 6.29 Å². The van der Waals surface area contributed by atoms with Gasteiger partial charge in [0, 0.05) is 24.9 Å². The molecule has 10 atom stereocenters. The van der Waals surface area contributed by atoms with Crippen LogP contribution in [-0.4, -0.2) is 95.4 Å². The molecule has 1 amide bonds. The van der Waals surface area contributed by atoms with Gasteiger partial charge in [0.1, 0.15) is 36.6 Å². The Kier molecular flexibility index (Phi) is 9.20. The summed E-state index contributed by atoms with van der Waals surface area (Å²) >= 11 is 0. The molecule has 1 aromatic carbocycles. The topological polar surface area (TPSA) is 222 Å². The van der Waals surface area contributed by atoms with Crippen molar-refractivity contribution in [3.05, 3.63) is 29.8 Å². The summed E-state index contributed by atoms with van der Waals surface area (Å²) in [5.41, 5.74) is 25.0. The van der Waals surface area contributed by atoms with Gasteiger partial charge < -0.3 is 57.8 Å². The number of nitrogen functional groups attached to an aromatic ring is 1. The Hall–Kier alpha value is -1.87. The number of hydrogen-bond donors (Lipinski definition) is 8. The lowest BCUT2D eigenvalue weighted by Gasteiger charge is -2.47. The number of aliphatic hydroxyl groups excluding tert-OH is 3. The number of amides is 1. The molecule has 0 radical (unpaired) electrons. The standard InChI is InChI=1S/C22H37N5O7/c1-2-32-21-13(27-15(28)7-10-3-5-11(24)6-4-10)8-12(25)20(19(21)31)34-22-16(26)18(30)17(29)14(9-23)33-22/h3-6,12-14,16-22,29-31H,2,7-9,23-26H2,1H3,(H,27,28)/t12?,13-,14?,16?,17-,18-,19+,20-,21?,22-/m1/s1. The lowest BCUT2D eigenvalue weighted by atomic mass is 9.83. The molecule has 0 spiro atoms. The van der Waals surface area contributed by atoms with Crippen LogP contribution in [0.2, 0.25) is 0 Å². The molecule has 1 aliphatic heterocycles. The first kappa shape index (κ1) is 26.7. The molecular weight excluding hydrogens is 446 g/mol. The van der Waals surface area contributed by atoms with Crippen molar-refractivity contribution >= 4 is 11.6 Å². The highest BCUT2D eigenvalue weighted by molar-refractivity contribution is 5.79. The minimum absolute atomic E-state index is 0.0617. The Bertz CT molecular complexity index is 798. The molecule has 192 valence electrons. The molecule has 1 saturated heterocycles. The highest BCUT2D eigenvalue weighted by Crippen LogP contribution is 2.29. The van der Waals surface area contributed by atoms with Crippen LogP contribution in [0.3, 0.4) is 0 Å². The van der Waals surface area contributed by atoms with Crippen LogP contribution in [0.4, 0.5) is 5.69 Å². The molecule has 1 aliphatic carbocycles. The van der Waals surface area contributed by atoms with Crippen LogP contribution in [-0.2, 0) is 25.4 Å². The Morgan fingerprint density at radius 1 is 1.12 bits per heavy atom. The molecule has 1 saturated carbocycles. The third-order valence-corrected chi connectivity index (χ3v) is 6.34. The van der Waals surface area contributed by atoms with E-state index in [1.54, 1.807) is 31.2 Å². The second-order valence-electron chi connectivity index (χ2n) is 8.84. The molecule has 4 unspecified atom stereocenters. The smallest absolute Gasteiger partial charge is 0.224 e. The van der Waals surface area contributed by atoms with Crippen LogP contribution in [0.15, 0.2) is 24.3 Å². The molecular formula is C22H37N5O7. The summed E-state index contributed by atoms with van der Waals surface area (Å²) in [4.78, 5) is 12.7. The third kappa shape index (κ3) is 6.03. The van der Waals surface area contributed by atoms with Gasteiger partial charge in [-0.2, -0.15) is 0 Å². The molecule has 12 heteroatoms. The van der Waals surface area contributed by atoms with E-state index in [1.165, 1.54) is 0 Å². The predicted molar refractivity (Wildman–Crippen MR) is 123 cm³/mol. The summed E-state index contributed by atoms with van der Waals surface area (Å²) in [7, 11) is 0. The summed E-state index contributed by atoms with van der Waals surface area (Å²) < 4.78 is 17.3. The number of rotatable bonds is 8. The fourth-order valence-electron chi connectivity index (χ4n) is 4.47. The van der Waals surface area contributed by atoms with Crippen LogP contribution >= 0.6 is 0 Å². The fourth-order valence-corrected chi connectivity index (χ4v) is 4.47. The van der Waals surface area contributed by atoms with Crippen LogP contribution < -0.4 is 28.3 Å². The lowest BCUT2D eigenvalue weighted by molar-refractivity contribution is -0.289. The number of hydrogen-bond acceptors (Lipinski definition) is 11. The number of carbonyl (C=O) groups is 1. The summed E-state index contributed by atoms with van der Waals surface area (Å²) in [6.45, 7) is 2.00. The average molecular weight is 484 g/mol. The minimum atomic E-state index is -1.33. The van der Waals surface area contributed by atoms with E-state index in [-0.39, 0.29) is 31.9 Å². The highest BCUT2D eigenvalue weighted by atomic mass is 16.7.